The molecule has 0 amide bonds. The zero-order valence-electron chi connectivity index (χ0n) is 30.8. The molecule has 46 heavy (non-hydrogen) atoms. The highest BCUT2D eigenvalue weighted by atomic mass is 28.4. The van der Waals surface area contributed by atoms with E-state index in [-0.39, 0.29) is 22.0 Å². The summed E-state index contributed by atoms with van der Waals surface area (Å²) in [5.41, 5.74) is 8.75. The number of Topliss-reactive ketones (excluding diaryl/α,β-unsaturated/α-hetero) is 1. The second-order valence-electron chi connectivity index (χ2n) is 15.6. The van der Waals surface area contributed by atoms with E-state index in [2.05, 4.69) is 123 Å². The van der Waals surface area contributed by atoms with Crippen LogP contribution in [0.3, 0.4) is 0 Å². The first-order valence-corrected chi connectivity index (χ1v) is 19.8. The molecule has 0 fully saturated rings. The van der Waals surface area contributed by atoms with Crippen molar-refractivity contribution in [3.05, 3.63) is 94.0 Å². The van der Waals surface area contributed by atoms with Gasteiger partial charge in [0, 0.05) is 11.0 Å². The molecular formula is C41H58O4Si. The second kappa shape index (κ2) is 14.4. The van der Waals surface area contributed by atoms with Crippen LogP contribution in [-0.4, -0.2) is 33.3 Å². The topological polar surface area (TPSA) is 52.6 Å². The number of hydrogen-bond acceptors (Lipinski definition) is 4. The van der Waals surface area contributed by atoms with Crippen molar-refractivity contribution in [2.45, 2.75) is 125 Å². The smallest absolute Gasteiger partial charge is 0.379 e. The summed E-state index contributed by atoms with van der Waals surface area (Å²) in [6, 6.07) is 21.0. The summed E-state index contributed by atoms with van der Waals surface area (Å²) < 4.78 is 11.6. The van der Waals surface area contributed by atoms with E-state index in [4.69, 9.17) is 4.43 Å². The Morgan fingerprint density at radius 1 is 0.804 bits per heavy atom. The van der Waals surface area contributed by atoms with Crippen molar-refractivity contribution in [1.82, 2.24) is 0 Å². The molecule has 0 aromatic heterocycles. The predicted octanol–water partition coefficient (Wildman–Crippen LogP) is 10.8. The lowest BCUT2D eigenvalue weighted by molar-refractivity contribution is -0.135. The van der Waals surface area contributed by atoms with Crippen LogP contribution in [-0.2, 0) is 25.8 Å². The fourth-order valence-corrected chi connectivity index (χ4v) is 7.85. The van der Waals surface area contributed by atoms with Crippen LogP contribution in [0, 0.1) is 19.3 Å². The Bertz CT molecular complexity index is 1530. The number of carbonyl (C=O) groups is 2. The number of esters is 1. The van der Waals surface area contributed by atoms with Gasteiger partial charge in [0.25, 0.3) is 5.78 Å². The Balaban J connectivity index is 1.92. The van der Waals surface area contributed by atoms with E-state index < -0.39 is 20.1 Å². The lowest BCUT2D eigenvalue weighted by Gasteiger charge is -2.43. The van der Waals surface area contributed by atoms with Gasteiger partial charge in [0.15, 0.2) is 8.32 Å². The SMILES string of the molecule is CCC(CC)(c1ccc(CCC(O[Si](C)(C)C(C)(C)C)C(C)(C)C)c(C)c1)c1ccc(-c2cccc(C(=O)C(=O)OC)c2)c(C)c1. The first kappa shape index (κ1) is 37.4. The predicted molar refractivity (Wildman–Crippen MR) is 195 cm³/mol. The number of ether oxygens (including phenoxy) is 1. The molecule has 0 bridgehead atoms. The summed E-state index contributed by atoms with van der Waals surface area (Å²) in [7, 11) is -0.663. The Morgan fingerprint density at radius 3 is 1.89 bits per heavy atom. The zero-order chi connectivity index (χ0) is 34.7. The molecule has 0 aliphatic rings. The lowest BCUT2D eigenvalue weighted by atomic mass is 9.69. The summed E-state index contributed by atoms with van der Waals surface area (Å²) in [5, 5.41) is 0.182. The molecule has 4 nitrogen and oxygen atoms in total. The van der Waals surface area contributed by atoms with Crippen LogP contribution in [0.2, 0.25) is 18.1 Å². The fourth-order valence-electron chi connectivity index (χ4n) is 6.32. The van der Waals surface area contributed by atoms with Crippen LogP contribution in [0.5, 0.6) is 0 Å². The summed E-state index contributed by atoms with van der Waals surface area (Å²) in [6.07, 6.45) is 4.18. The molecule has 250 valence electrons. The van der Waals surface area contributed by atoms with E-state index in [1.807, 2.05) is 12.1 Å². The van der Waals surface area contributed by atoms with E-state index in [9.17, 15) is 9.59 Å². The molecular weight excluding hydrogens is 585 g/mol. The average molecular weight is 643 g/mol. The third kappa shape index (κ3) is 8.09. The number of carbonyl (C=O) groups excluding carboxylic acids is 2. The summed E-state index contributed by atoms with van der Waals surface area (Å²) in [6.45, 7) is 27.5. The van der Waals surface area contributed by atoms with Crippen LogP contribution < -0.4 is 0 Å². The Morgan fingerprint density at radius 2 is 1.39 bits per heavy atom. The molecule has 3 aromatic rings. The van der Waals surface area contributed by atoms with Gasteiger partial charge in [0.05, 0.1) is 13.2 Å². The Kier molecular flexibility index (Phi) is 11.7. The minimum absolute atomic E-state index is 0.0746. The minimum Gasteiger partial charge on any atom is -0.463 e. The minimum atomic E-state index is -1.89. The Labute approximate surface area is 280 Å². The highest BCUT2D eigenvalue weighted by molar-refractivity contribution is 6.74. The quantitative estimate of drug-likeness (QED) is 0.0854. The van der Waals surface area contributed by atoms with Gasteiger partial charge in [0.2, 0.25) is 0 Å². The maximum Gasteiger partial charge on any atom is 0.379 e. The van der Waals surface area contributed by atoms with Gasteiger partial charge in [-0.05, 0) is 108 Å². The van der Waals surface area contributed by atoms with Crippen LogP contribution >= 0.6 is 0 Å². The number of aryl methyl sites for hydroxylation is 3. The van der Waals surface area contributed by atoms with E-state index in [0.29, 0.717) is 5.56 Å². The number of hydrogen-bond donors (Lipinski definition) is 0. The molecule has 0 saturated carbocycles. The third-order valence-corrected chi connectivity index (χ3v) is 15.1. The molecule has 1 atom stereocenters. The molecule has 3 aromatic carbocycles. The van der Waals surface area contributed by atoms with Gasteiger partial charge < -0.3 is 9.16 Å². The second-order valence-corrected chi connectivity index (χ2v) is 20.4. The Hall–Kier alpha value is -3.02. The molecule has 0 aliphatic carbocycles. The number of methoxy groups -OCH3 is 1. The van der Waals surface area contributed by atoms with Gasteiger partial charge in [-0.25, -0.2) is 4.79 Å². The monoisotopic (exact) mass is 642 g/mol. The van der Waals surface area contributed by atoms with Gasteiger partial charge in [-0.3, -0.25) is 4.79 Å². The third-order valence-electron chi connectivity index (χ3n) is 10.6. The normalized spacial score (nSPS) is 13.4. The van der Waals surface area contributed by atoms with Gasteiger partial charge in [-0.1, -0.05) is 110 Å². The van der Waals surface area contributed by atoms with Gasteiger partial charge in [-0.2, -0.15) is 0 Å². The maximum atomic E-state index is 12.4. The molecule has 0 spiro atoms. The van der Waals surface area contributed by atoms with Crippen molar-refractivity contribution in [2.75, 3.05) is 7.11 Å². The first-order valence-electron chi connectivity index (χ1n) is 16.9. The van der Waals surface area contributed by atoms with E-state index >= 15 is 0 Å². The van der Waals surface area contributed by atoms with Crippen LogP contribution in [0.1, 0.15) is 113 Å². The molecule has 0 radical (unpaired) electrons. The van der Waals surface area contributed by atoms with Crippen LogP contribution in [0.15, 0.2) is 60.7 Å². The van der Waals surface area contributed by atoms with Crippen LogP contribution in [0.25, 0.3) is 11.1 Å². The fraction of sp³-hybridized carbons (Fsp3) is 0.512. The maximum absolute atomic E-state index is 12.4. The standard InChI is InChI=1S/C41H58O4Si/c1-14-41(15-2,34-22-23-35(29(4)26-34)31-17-16-18-32(27-31)37(42)38(43)44-11)33-21-19-30(28(3)25-33)20-24-36(39(5,6)7)45-46(12,13)40(8,9)10/h16-19,21-23,25-27,36H,14-15,20,24H2,1-13H3. The van der Waals surface area contributed by atoms with Gasteiger partial charge >= 0.3 is 5.97 Å². The van der Waals surface area contributed by atoms with Crippen molar-refractivity contribution in [3.8, 4) is 11.1 Å². The van der Waals surface area contributed by atoms with E-state index in [1.54, 1.807) is 12.1 Å². The lowest BCUT2D eigenvalue weighted by Crippen LogP contribution is -2.47. The zero-order valence-corrected chi connectivity index (χ0v) is 31.8. The molecule has 0 heterocycles. The molecule has 1 unspecified atom stereocenters. The summed E-state index contributed by atoms with van der Waals surface area (Å²) in [5.74, 6) is -1.49. The highest BCUT2D eigenvalue weighted by Crippen LogP contribution is 2.43. The summed E-state index contributed by atoms with van der Waals surface area (Å²) in [4.78, 5) is 24.3. The van der Waals surface area contributed by atoms with Crippen molar-refractivity contribution in [3.63, 3.8) is 0 Å². The number of benzene rings is 3. The summed E-state index contributed by atoms with van der Waals surface area (Å²) >= 11 is 0. The first-order chi connectivity index (χ1) is 21.3. The largest absolute Gasteiger partial charge is 0.463 e. The van der Waals surface area contributed by atoms with Gasteiger partial charge in [-0.15, -0.1) is 0 Å². The van der Waals surface area contributed by atoms with Crippen molar-refractivity contribution in [1.29, 1.82) is 0 Å². The molecule has 0 aliphatic heterocycles. The van der Waals surface area contributed by atoms with E-state index in [1.165, 1.54) is 29.4 Å². The molecule has 0 saturated heterocycles. The van der Waals surface area contributed by atoms with Crippen molar-refractivity contribution < 1.29 is 18.8 Å². The van der Waals surface area contributed by atoms with Gasteiger partial charge in [0.1, 0.15) is 0 Å². The highest BCUT2D eigenvalue weighted by Gasteiger charge is 2.41. The van der Waals surface area contributed by atoms with Crippen LogP contribution in [0.4, 0.5) is 0 Å². The molecule has 3 rings (SSSR count). The average Bonchev–Trinajstić information content (AvgIpc) is 2.99. The van der Waals surface area contributed by atoms with E-state index in [0.717, 1.165) is 42.4 Å². The number of ketones is 1. The molecule has 0 N–H and O–H groups in total. The van der Waals surface area contributed by atoms with Crippen molar-refractivity contribution >= 4 is 20.1 Å². The molecule has 5 heteroatoms. The number of rotatable bonds is 12. The van der Waals surface area contributed by atoms with Crippen molar-refractivity contribution in [2.24, 2.45) is 5.41 Å².